The van der Waals surface area contributed by atoms with Crippen LogP contribution >= 0.6 is 0 Å². The van der Waals surface area contributed by atoms with Gasteiger partial charge in [0.15, 0.2) is 0 Å². The summed E-state index contributed by atoms with van der Waals surface area (Å²) in [7, 11) is -0.503. The van der Waals surface area contributed by atoms with Crippen molar-refractivity contribution in [2.45, 2.75) is 45.4 Å². The number of hydrogen-bond acceptors (Lipinski definition) is 4. The number of amides is 1. The molecule has 0 bridgehead atoms. The molecule has 1 fully saturated rings. The molecule has 6 heteroatoms. The normalized spacial score (nSPS) is 20.9. The molecule has 1 amide bonds. The van der Waals surface area contributed by atoms with E-state index in [9.17, 15) is 4.79 Å². The fourth-order valence-corrected chi connectivity index (χ4v) is 3.00. The Kier molecular flexibility index (Phi) is 3.82. The largest absolute Gasteiger partial charge is 0.495 e. The van der Waals surface area contributed by atoms with Crippen molar-refractivity contribution in [2.24, 2.45) is 0 Å². The van der Waals surface area contributed by atoms with Crippen LogP contribution in [0.15, 0.2) is 30.4 Å². The summed E-state index contributed by atoms with van der Waals surface area (Å²) in [6, 6.07) is 7.59. The van der Waals surface area contributed by atoms with E-state index in [1.165, 1.54) is 0 Å². The number of hydrogen-bond donors (Lipinski definition) is 0. The standard InChI is InChI=1S/C18H21BN2O3/c1-12(9-20)10-21-11-14-13(16(21)22)7-6-8-15(14)19-23-17(2,3)18(4,5)24-19/h6-8H,1,10-11H2,2-5H3. The maximum absolute atomic E-state index is 12.6. The second-order valence-corrected chi connectivity index (χ2v) is 7.34. The van der Waals surface area contributed by atoms with E-state index >= 15 is 0 Å². The summed E-state index contributed by atoms with van der Waals surface area (Å²) in [5.41, 5.74) is 1.94. The molecule has 0 aliphatic carbocycles. The van der Waals surface area contributed by atoms with Crippen LogP contribution in [0.2, 0.25) is 0 Å². The predicted octanol–water partition coefficient (Wildman–Crippen LogP) is 2.02. The lowest BCUT2D eigenvalue weighted by molar-refractivity contribution is 0.00578. The van der Waals surface area contributed by atoms with Gasteiger partial charge in [0.25, 0.3) is 5.91 Å². The number of nitriles is 1. The molecule has 1 aromatic carbocycles. The van der Waals surface area contributed by atoms with Gasteiger partial charge < -0.3 is 14.2 Å². The average molecular weight is 324 g/mol. The molecule has 1 saturated heterocycles. The highest BCUT2D eigenvalue weighted by atomic mass is 16.7. The summed E-state index contributed by atoms with van der Waals surface area (Å²) in [6.07, 6.45) is 0. The van der Waals surface area contributed by atoms with Gasteiger partial charge in [-0.15, -0.1) is 0 Å². The molecule has 0 N–H and O–H groups in total. The summed E-state index contributed by atoms with van der Waals surface area (Å²) in [4.78, 5) is 14.2. The van der Waals surface area contributed by atoms with Crippen molar-refractivity contribution >= 4 is 18.5 Å². The Hall–Kier alpha value is -2.10. The highest BCUT2D eigenvalue weighted by Gasteiger charge is 2.52. The van der Waals surface area contributed by atoms with Gasteiger partial charge in [-0.1, -0.05) is 18.7 Å². The predicted molar refractivity (Wildman–Crippen MR) is 91.7 cm³/mol. The fourth-order valence-electron chi connectivity index (χ4n) is 3.00. The summed E-state index contributed by atoms with van der Waals surface area (Å²) < 4.78 is 12.3. The lowest BCUT2D eigenvalue weighted by Gasteiger charge is -2.32. The van der Waals surface area contributed by atoms with Crippen molar-refractivity contribution in [3.63, 3.8) is 0 Å². The van der Waals surface area contributed by atoms with E-state index in [1.54, 1.807) is 4.90 Å². The second kappa shape index (κ2) is 5.47. The molecule has 3 rings (SSSR count). The summed E-state index contributed by atoms with van der Waals surface area (Å²) in [6.45, 7) is 12.4. The van der Waals surface area contributed by atoms with Crippen molar-refractivity contribution < 1.29 is 14.1 Å². The maximum atomic E-state index is 12.6. The Labute approximate surface area is 143 Å². The zero-order chi connectivity index (χ0) is 17.7. The number of fused-ring (bicyclic) bond motifs is 1. The van der Waals surface area contributed by atoms with Crippen LogP contribution in [0.1, 0.15) is 43.6 Å². The number of rotatable bonds is 3. The van der Waals surface area contributed by atoms with Crippen molar-refractivity contribution in [2.75, 3.05) is 6.54 Å². The van der Waals surface area contributed by atoms with Crippen LogP contribution < -0.4 is 5.46 Å². The van der Waals surface area contributed by atoms with Gasteiger partial charge in [-0.25, -0.2) is 0 Å². The van der Waals surface area contributed by atoms with E-state index in [4.69, 9.17) is 14.6 Å². The highest BCUT2D eigenvalue weighted by molar-refractivity contribution is 6.62. The average Bonchev–Trinajstić information content (AvgIpc) is 2.93. The molecule has 0 aromatic heterocycles. The summed E-state index contributed by atoms with van der Waals surface area (Å²) >= 11 is 0. The number of nitrogens with zero attached hydrogens (tertiary/aromatic N) is 2. The van der Waals surface area contributed by atoms with Gasteiger partial charge in [0.2, 0.25) is 0 Å². The Morgan fingerprint density at radius 1 is 1.33 bits per heavy atom. The van der Waals surface area contributed by atoms with Gasteiger partial charge in [0.05, 0.1) is 23.8 Å². The number of carbonyl (C=O) groups is 1. The summed E-state index contributed by atoms with van der Waals surface area (Å²) in [5.74, 6) is -0.0835. The van der Waals surface area contributed by atoms with Gasteiger partial charge in [-0.3, -0.25) is 4.79 Å². The topological polar surface area (TPSA) is 62.6 Å². The first kappa shape index (κ1) is 16.8. The van der Waals surface area contributed by atoms with Crippen LogP contribution in [0.25, 0.3) is 0 Å². The van der Waals surface area contributed by atoms with E-state index in [-0.39, 0.29) is 12.5 Å². The van der Waals surface area contributed by atoms with E-state index in [2.05, 4.69) is 6.58 Å². The molecule has 0 spiro atoms. The minimum atomic E-state index is -0.503. The van der Waals surface area contributed by atoms with Crippen LogP contribution in [-0.2, 0) is 15.9 Å². The van der Waals surface area contributed by atoms with Crippen molar-refractivity contribution in [3.8, 4) is 6.07 Å². The van der Waals surface area contributed by atoms with Crippen molar-refractivity contribution in [1.82, 2.24) is 4.90 Å². The molecule has 0 saturated carbocycles. The molecular weight excluding hydrogens is 303 g/mol. The molecule has 24 heavy (non-hydrogen) atoms. The van der Waals surface area contributed by atoms with E-state index in [0.29, 0.717) is 17.7 Å². The van der Waals surface area contributed by atoms with Gasteiger partial charge in [-0.05, 0) is 44.8 Å². The summed E-state index contributed by atoms with van der Waals surface area (Å²) in [5, 5.41) is 8.91. The van der Waals surface area contributed by atoms with Gasteiger partial charge in [0.1, 0.15) is 0 Å². The van der Waals surface area contributed by atoms with Crippen LogP contribution in [-0.4, -0.2) is 35.7 Å². The van der Waals surface area contributed by atoms with Crippen LogP contribution in [0.3, 0.4) is 0 Å². The Morgan fingerprint density at radius 2 is 1.96 bits per heavy atom. The SMILES string of the molecule is C=C(C#N)CN1Cc2c(B3OC(C)(C)C(C)(C)O3)cccc2C1=O. The van der Waals surface area contributed by atoms with Crippen LogP contribution in [0, 0.1) is 11.3 Å². The molecule has 0 radical (unpaired) electrons. The number of benzene rings is 1. The monoisotopic (exact) mass is 324 g/mol. The van der Waals surface area contributed by atoms with Crippen molar-refractivity contribution in [1.29, 1.82) is 5.26 Å². The van der Waals surface area contributed by atoms with Gasteiger partial charge in [-0.2, -0.15) is 5.26 Å². The number of carbonyl (C=O) groups excluding carboxylic acids is 1. The lowest BCUT2D eigenvalue weighted by Crippen LogP contribution is -2.41. The Balaban J connectivity index is 1.92. The van der Waals surface area contributed by atoms with Gasteiger partial charge >= 0.3 is 7.12 Å². The quantitative estimate of drug-likeness (QED) is 0.630. The second-order valence-electron chi connectivity index (χ2n) is 7.34. The smallest absolute Gasteiger partial charge is 0.399 e. The van der Waals surface area contributed by atoms with Gasteiger partial charge in [0, 0.05) is 17.7 Å². The molecule has 1 aromatic rings. The minimum absolute atomic E-state index is 0.0835. The zero-order valence-corrected chi connectivity index (χ0v) is 14.5. The highest BCUT2D eigenvalue weighted by Crippen LogP contribution is 2.37. The minimum Gasteiger partial charge on any atom is -0.399 e. The first-order valence-electron chi connectivity index (χ1n) is 8.01. The molecule has 0 unspecified atom stereocenters. The third kappa shape index (κ3) is 2.54. The molecule has 5 nitrogen and oxygen atoms in total. The van der Waals surface area contributed by atoms with E-state index < -0.39 is 18.3 Å². The van der Waals surface area contributed by atoms with E-state index in [1.807, 2.05) is 52.0 Å². The van der Waals surface area contributed by atoms with E-state index in [0.717, 1.165) is 11.0 Å². The first-order chi connectivity index (χ1) is 11.2. The Bertz CT molecular complexity index is 748. The lowest BCUT2D eigenvalue weighted by atomic mass is 9.75. The molecule has 124 valence electrons. The van der Waals surface area contributed by atoms with Crippen LogP contribution in [0.4, 0.5) is 0 Å². The van der Waals surface area contributed by atoms with Crippen molar-refractivity contribution in [3.05, 3.63) is 41.5 Å². The van der Waals surface area contributed by atoms with Crippen LogP contribution in [0.5, 0.6) is 0 Å². The maximum Gasteiger partial charge on any atom is 0.495 e. The molecule has 2 aliphatic heterocycles. The Morgan fingerprint density at radius 3 is 2.54 bits per heavy atom. The molecule has 0 atom stereocenters. The first-order valence-corrected chi connectivity index (χ1v) is 8.01. The fraction of sp³-hybridized carbons (Fsp3) is 0.444. The molecule has 2 heterocycles. The molecule has 2 aliphatic rings. The molecular formula is C18H21BN2O3. The zero-order valence-electron chi connectivity index (χ0n) is 14.5. The third-order valence-electron chi connectivity index (χ3n) is 5.13. The third-order valence-corrected chi connectivity index (χ3v) is 5.13.